The summed E-state index contributed by atoms with van der Waals surface area (Å²) in [5.41, 5.74) is -0.200. The lowest BCUT2D eigenvalue weighted by molar-refractivity contribution is 0.0814. The zero-order chi connectivity index (χ0) is 13.1. The Hall–Kier alpha value is -1.14. The Bertz CT molecular complexity index is 485. The van der Waals surface area contributed by atoms with E-state index in [1.165, 1.54) is 6.20 Å². The molecule has 0 amide bonds. The van der Waals surface area contributed by atoms with Crippen molar-refractivity contribution in [2.75, 3.05) is 6.61 Å². The molecule has 0 radical (unpaired) electrons. The number of aryl methyl sites for hydroxylation is 1. The van der Waals surface area contributed by atoms with Crippen LogP contribution in [0.2, 0.25) is 25.7 Å². The van der Waals surface area contributed by atoms with E-state index in [2.05, 4.69) is 24.6 Å². The van der Waals surface area contributed by atoms with Gasteiger partial charge in [0.25, 0.3) is 5.56 Å². The Labute approximate surface area is 101 Å². The summed E-state index contributed by atoms with van der Waals surface area (Å²) in [5.74, 6) is 0. The van der Waals surface area contributed by atoms with Gasteiger partial charge in [0.1, 0.15) is 6.73 Å². The van der Waals surface area contributed by atoms with Crippen LogP contribution < -0.4 is 11.2 Å². The van der Waals surface area contributed by atoms with Crippen molar-refractivity contribution in [2.45, 2.75) is 39.3 Å². The standard InChI is InChI=1S/C11H20N2O3Si/c1-9-7-12-11(15)13(10(9)14)8-16-5-6-17(2,3)4/h7H,5-6,8H2,1-4H3,(H,12,15). The van der Waals surface area contributed by atoms with Crippen molar-refractivity contribution in [2.24, 2.45) is 0 Å². The van der Waals surface area contributed by atoms with Gasteiger partial charge in [0.15, 0.2) is 0 Å². The van der Waals surface area contributed by atoms with E-state index in [4.69, 9.17) is 4.74 Å². The van der Waals surface area contributed by atoms with Crippen LogP contribution in [0.5, 0.6) is 0 Å². The third-order valence-electron chi connectivity index (χ3n) is 2.46. The lowest BCUT2D eigenvalue weighted by atomic mass is 10.4. The first kappa shape index (κ1) is 13.9. The molecule has 96 valence electrons. The van der Waals surface area contributed by atoms with Crippen molar-refractivity contribution in [3.8, 4) is 0 Å². The van der Waals surface area contributed by atoms with Gasteiger partial charge in [-0.15, -0.1) is 0 Å². The summed E-state index contributed by atoms with van der Waals surface area (Å²) in [5, 5.41) is 0. The molecular weight excluding hydrogens is 236 g/mol. The van der Waals surface area contributed by atoms with E-state index >= 15 is 0 Å². The summed E-state index contributed by atoms with van der Waals surface area (Å²) >= 11 is 0. The molecule has 0 aliphatic carbocycles. The summed E-state index contributed by atoms with van der Waals surface area (Å²) in [7, 11) is -1.13. The molecule has 0 bridgehead atoms. The first-order valence-electron chi connectivity index (χ1n) is 5.68. The van der Waals surface area contributed by atoms with Gasteiger partial charge in [-0.05, 0) is 13.0 Å². The molecule has 0 atom stereocenters. The van der Waals surface area contributed by atoms with E-state index in [1.54, 1.807) is 6.92 Å². The summed E-state index contributed by atoms with van der Waals surface area (Å²) in [6.45, 7) is 9.04. The summed E-state index contributed by atoms with van der Waals surface area (Å²) in [4.78, 5) is 25.6. The van der Waals surface area contributed by atoms with Crippen LogP contribution in [0.4, 0.5) is 0 Å². The maximum Gasteiger partial charge on any atom is 0.330 e. The number of aromatic amines is 1. The number of aromatic nitrogens is 2. The average Bonchev–Trinajstić information content (AvgIpc) is 2.21. The Morgan fingerprint density at radius 2 is 2.00 bits per heavy atom. The van der Waals surface area contributed by atoms with Crippen LogP contribution in [0.3, 0.4) is 0 Å². The van der Waals surface area contributed by atoms with Crippen LogP contribution in [0.25, 0.3) is 0 Å². The number of nitrogens with one attached hydrogen (secondary N) is 1. The number of hydrogen-bond acceptors (Lipinski definition) is 3. The van der Waals surface area contributed by atoms with Crippen LogP contribution >= 0.6 is 0 Å². The second-order valence-corrected chi connectivity index (χ2v) is 11.0. The summed E-state index contributed by atoms with van der Waals surface area (Å²) < 4.78 is 6.47. The molecule has 1 N–H and O–H groups in total. The van der Waals surface area contributed by atoms with Crippen molar-refractivity contribution in [3.63, 3.8) is 0 Å². The van der Waals surface area contributed by atoms with Crippen molar-refractivity contribution in [1.82, 2.24) is 9.55 Å². The number of rotatable bonds is 5. The topological polar surface area (TPSA) is 64.1 Å². The highest BCUT2D eigenvalue weighted by Gasteiger charge is 2.12. The zero-order valence-electron chi connectivity index (χ0n) is 10.9. The smallest absolute Gasteiger partial charge is 0.330 e. The van der Waals surface area contributed by atoms with E-state index in [1.807, 2.05) is 0 Å². The first-order valence-corrected chi connectivity index (χ1v) is 9.39. The van der Waals surface area contributed by atoms with E-state index < -0.39 is 13.8 Å². The minimum absolute atomic E-state index is 0.0281. The molecule has 1 aromatic heterocycles. The molecule has 0 saturated carbocycles. The molecule has 0 fully saturated rings. The molecule has 0 spiro atoms. The molecule has 17 heavy (non-hydrogen) atoms. The Kier molecular flexibility index (Phi) is 4.47. The third-order valence-corrected chi connectivity index (χ3v) is 4.16. The molecular formula is C11H20N2O3Si. The Morgan fingerprint density at radius 3 is 2.59 bits per heavy atom. The minimum atomic E-state index is -1.13. The van der Waals surface area contributed by atoms with Gasteiger partial charge in [-0.2, -0.15) is 0 Å². The fourth-order valence-corrected chi connectivity index (χ4v) is 2.02. The van der Waals surface area contributed by atoms with Crippen molar-refractivity contribution in [3.05, 3.63) is 32.6 Å². The lowest BCUT2D eigenvalue weighted by Gasteiger charge is -2.15. The minimum Gasteiger partial charge on any atom is -0.361 e. The van der Waals surface area contributed by atoms with Crippen molar-refractivity contribution < 1.29 is 4.74 Å². The maximum atomic E-state index is 11.7. The second-order valence-electron chi connectivity index (χ2n) is 5.36. The fraction of sp³-hybridized carbons (Fsp3) is 0.636. The summed E-state index contributed by atoms with van der Waals surface area (Å²) in [6.07, 6.45) is 1.42. The highest BCUT2D eigenvalue weighted by atomic mass is 28.3. The van der Waals surface area contributed by atoms with Gasteiger partial charge in [-0.1, -0.05) is 19.6 Å². The van der Waals surface area contributed by atoms with Gasteiger partial charge in [0, 0.05) is 26.4 Å². The quantitative estimate of drug-likeness (QED) is 0.635. The normalized spacial score (nSPS) is 11.8. The number of nitrogens with zero attached hydrogens (tertiary/aromatic N) is 1. The van der Waals surface area contributed by atoms with Crippen LogP contribution in [0, 0.1) is 6.92 Å². The Balaban J connectivity index is 2.62. The van der Waals surface area contributed by atoms with Gasteiger partial charge in [0.2, 0.25) is 0 Å². The number of H-pyrrole nitrogens is 1. The molecule has 0 aliphatic rings. The lowest BCUT2D eigenvalue weighted by Crippen LogP contribution is -2.37. The van der Waals surface area contributed by atoms with Crippen LogP contribution in [-0.4, -0.2) is 24.2 Å². The van der Waals surface area contributed by atoms with Gasteiger partial charge >= 0.3 is 5.69 Å². The third kappa shape index (κ3) is 4.31. The van der Waals surface area contributed by atoms with Gasteiger partial charge in [0.05, 0.1) is 0 Å². The van der Waals surface area contributed by atoms with E-state index in [9.17, 15) is 9.59 Å². The monoisotopic (exact) mass is 256 g/mol. The van der Waals surface area contributed by atoms with Crippen molar-refractivity contribution in [1.29, 1.82) is 0 Å². The first-order chi connectivity index (χ1) is 7.81. The molecule has 0 aliphatic heterocycles. The zero-order valence-corrected chi connectivity index (χ0v) is 11.9. The average molecular weight is 256 g/mol. The maximum absolute atomic E-state index is 11.7. The largest absolute Gasteiger partial charge is 0.361 e. The van der Waals surface area contributed by atoms with Gasteiger partial charge < -0.3 is 9.72 Å². The van der Waals surface area contributed by atoms with E-state index in [0.717, 1.165) is 10.6 Å². The Morgan fingerprint density at radius 1 is 1.35 bits per heavy atom. The molecule has 0 saturated heterocycles. The molecule has 5 nitrogen and oxygen atoms in total. The van der Waals surface area contributed by atoms with Crippen LogP contribution in [-0.2, 0) is 11.5 Å². The predicted molar refractivity (Wildman–Crippen MR) is 70.2 cm³/mol. The van der Waals surface area contributed by atoms with E-state index in [0.29, 0.717) is 12.2 Å². The molecule has 0 aromatic carbocycles. The van der Waals surface area contributed by atoms with Gasteiger partial charge in [-0.3, -0.25) is 4.79 Å². The summed E-state index contributed by atoms with van der Waals surface area (Å²) in [6, 6.07) is 1.02. The van der Waals surface area contributed by atoms with Crippen LogP contribution in [0.15, 0.2) is 15.8 Å². The van der Waals surface area contributed by atoms with Crippen LogP contribution in [0.1, 0.15) is 5.56 Å². The molecule has 1 heterocycles. The molecule has 1 rings (SSSR count). The molecule has 6 heteroatoms. The molecule has 0 unspecified atom stereocenters. The fourth-order valence-electron chi connectivity index (χ4n) is 1.27. The highest BCUT2D eigenvalue weighted by molar-refractivity contribution is 6.76. The number of hydrogen-bond donors (Lipinski definition) is 1. The second kappa shape index (κ2) is 5.46. The number of ether oxygens (including phenoxy) is 1. The highest BCUT2D eigenvalue weighted by Crippen LogP contribution is 2.07. The van der Waals surface area contributed by atoms with Crippen molar-refractivity contribution >= 4 is 8.07 Å². The predicted octanol–water partition coefficient (Wildman–Crippen LogP) is 1.16. The molecule has 1 aromatic rings. The SMILES string of the molecule is Cc1c[nH]c(=O)n(COCC[Si](C)(C)C)c1=O. The van der Waals surface area contributed by atoms with E-state index in [-0.39, 0.29) is 12.3 Å². The van der Waals surface area contributed by atoms with Gasteiger partial charge in [-0.25, -0.2) is 9.36 Å².